The summed E-state index contributed by atoms with van der Waals surface area (Å²) < 4.78 is 0. The molecule has 2 N–H and O–H groups in total. The Morgan fingerprint density at radius 1 is 1.38 bits per heavy atom. The third-order valence-corrected chi connectivity index (χ3v) is 4.91. The summed E-state index contributed by atoms with van der Waals surface area (Å²) >= 11 is 5.89. The zero-order valence-electron chi connectivity index (χ0n) is 12.9. The minimum atomic E-state index is 0.177. The fourth-order valence-corrected chi connectivity index (χ4v) is 3.16. The van der Waals surface area contributed by atoms with Crippen LogP contribution in [0.25, 0.3) is 0 Å². The molecule has 0 radical (unpaired) electrons. The third kappa shape index (κ3) is 4.45. The number of carbonyl (C=O) groups excluding carboxylic acids is 1. The molecule has 1 amide bonds. The van der Waals surface area contributed by atoms with Gasteiger partial charge in [0, 0.05) is 30.6 Å². The smallest absolute Gasteiger partial charge is 0.222 e. The Labute approximate surface area is 132 Å². The standard InChI is InChI=1S/C17H25ClN2O/c1-12(10-13-6-8-15(18)9-7-13)20(2)17(21)11-14-4-3-5-16(14)19/h6-9,12,14,16H,3-5,10-11,19H2,1-2H3/t12?,14-,16+/m0/s1. The monoisotopic (exact) mass is 308 g/mol. The van der Waals surface area contributed by atoms with Crippen molar-refractivity contribution < 1.29 is 4.79 Å². The lowest BCUT2D eigenvalue weighted by Gasteiger charge is -2.27. The van der Waals surface area contributed by atoms with Crippen molar-refractivity contribution in [1.29, 1.82) is 0 Å². The Hall–Kier alpha value is -1.06. The van der Waals surface area contributed by atoms with Gasteiger partial charge in [0.15, 0.2) is 0 Å². The van der Waals surface area contributed by atoms with E-state index in [0.717, 1.165) is 30.7 Å². The van der Waals surface area contributed by atoms with Gasteiger partial charge >= 0.3 is 0 Å². The van der Waals surface area contributed by atoms with E-state index >= 15 is 0 Å². The highest BCUT2D eigenvalue weighted by molar-refractivity contribution is 6.30. The van der Waals surface area contributed by atoms with Crippen molar-refractivity contribution in [2.75, 3.05) is 7.05 Å². The zero-order chi connectivity index (χ0) is 15.4. The van der Waals surface area contributed by atoms with Gasteiger partial charge in [0.2, 0.25) is 5.91 Å². The minimum Gasteiger partial charge on any atom is -0.343 e. The van der Waals surface area contributed by atoms with Crippen LogP contribution in [-0.4, -0.2) is 29.9 Å². The number of hydrogen-bond acceptors (Lipinski definition) is 2. The Bertz CT molecular complexity index is 474. The van der Waals surface area contributed by atoms with E-state index in [2.05, 4.69) is 6.92 Å². The molecule has 1 aromatic rings. The second-order valence-electron chi connectivity index (χ2n) is 6.24. The van der Waals surface area contributed by atoms with Crippen molar-refractivity contribution in [2.24, 2.45) is 11.7 Å². The van der Waals surface area contributed by atoms with E-state index < -0.39 is 0 Å². The van der Waals surface area contributed by atoms with Crippen molar-refractivity contribution in [3.63, 3.8) is 0 Å². The first-order valence-corrected chi connectivity index (χ1v) is 8.11. The molecule has 1 aliphatic carbocycles. The fourth-order valence-electron chi connectivity index (χ4n) is 3.03. The number of nitrogens with two attached hydrogens (primary N) is 1. The summed E-state index contributed by atoms with van der Waals surface area (Å²) in [6.07, 6.45) is 4.73. The quantitative estimate of drug-likeness (QED) is 0.907. The van der Waals surface area contributed by atoms with Crippen molar-refractivity contribution in [1.82, 2.24) is 4.90 Å². The van der Waals surface area contributed by atoms with Crippen LogP contribution in [0.4, 0.5) is 0 Å². The van der Waals surface area contributed by atoms with Gasteiger partial charge in [-0.3, -0.25) is 4.79 Å². The molecule has 0 saturated heterocycles. The Kier molecular flexibility index (Phi) is 5.65. The van der Waals surface area contributed by atoms with Crippen LogP contribution < -0.4 is 5.73 Å². The molecule has 0 bridgehead atoms. The van der Waals surface area contributed by atoms with Crippen LogP contribution in [0.1, 0.15) is 38.2 Å². The molecule has 3 atom stereocenters. The van der Waals surface area contributed by atoms with Gasteiger partial charge < -0.3 is 10.6 Å². The number of nitrogens with zero attached hydrogens (tertiary/aromatic N) is 1. The summed E-state index contributed by atoms with van der Waals surface area (Å²) in [5.41, 5.74) is 7.26. The average Bonchev–Trinajstić information content (AvgIpc) is 2.86. The number of likely N-dealkylation sites (N-methyl/N-ethyl adjacent to an activating group) is 1. The maximum Gasteiger partial charge on any atom is 0.222 e. The summed E-state index contributed by atoms with van der Waals surface area (Å²) in [5.74, 6) is 0.571. The highest BCUT2D eigenvalue weighted by Gasteiger charge is 2.28. The lowest BCUT2D eigenvalue weighted by molar-refractivity contribution is -0.132. The summed E-state index contributed by atoms with van der Waals surface area (Å²) in [6, 6.07) is 8.20. The molecular weight excluding hydrogens is 284 g/mol. The predicted octanol–water partition coefficient (Wildman–Crippen LogP) is 3.25. The second kappa shape index (κ2) is 7.28. The molecule has 21 heavy (non-hydrogen) atoms. The van der Waals surface area contributed by atoms with Crippen molar-refractivity contribution in [3.8, 4) is 0 Å². The van der Waals surface area contributed by atoms with Crippen molar-refractivity contribution >= 4 is 17.5 Å². The van der Waals surface area contributed by atoms with Gasteiger partial charge in [0.25, 0.3) is 0 Å². The molecule has 1 aliphatic rings. The lowest BCUT2D eigenvalue weighted by Crippen LogP contribution is -2.39. The molecule has 1 saturated carbocycles. The van der Waals surface area contributed by atoms with Crippen LogP contribution in [0.3, 0.4) is 0 Å². The summed E-state index contributed by atoms with van der Waals surface area (Å²) in [7, 11) is 1.89. The number of carbonyl (C=O) groups is 1. The molecule has 0 spiro atoms. The first-order valence-electron chi connectivity index (χ1n) is 7.73. The lowest BCUT2D eigenvalue weighted by atomic mass is 9.98. The first kappa shape index (κ1) is 16.3. The highest BCUT2D eigenvalue weighted by Crippen LogP contribution is 2.27. The van der Waals surface area contributed by atoms with E-state index in [-0.39, 0.29) is 18.0 Å². The summed E-state index contributed by atoms with van der Waals surface area (Å²) in [4.78, 5) is 14.2. The van der Waals surface area contributed by atoms with Gasteiger partial charge in [0.05, 0.1) is 0 Å². The van der Waals surface area contributed by atoms with Crippen LogP contribution in [-0.2, 0) is 11.2 Å². The van der Waals surface area contributed by atoms with Gasteiger partial charge in [-0.05, 0) is 49.8 Å². The minimum absolute atomic E-state index is 0.177. The molecule has 0 aliphatic heterocycles. The molecule has 0 heterocycles. The van der Waals surface area contributed by atoms with E-state index in [1.54, 1.807) is 0 Å². The first-order chi connectivity index (χ1) is 9.97. The van der Waals surface area contributed by atoms with Gasteiger partial charge in [0.1, 0.15) is 0 Å². The largest absolute Gasteiger partial charge is 0.343 e. The molecule has 116 valence electrons. The number of rotatable bonds is 5. The predicted molar refractivity (Wildman–Crippen MR) is 87.3 cm³/mol. The summed E-state index contributed by atoms with van der Waals surface area (Å²) in [5, 5.41) is 0.742. The Balaban J connectivity index is 1.87. The average molecular weight is 309 g/mol. The van der Waals surface area contributed by atoms with Gasteiger partial charge in [-0.1, -0.05) is 30.2 Å². The maximum absolute atomic E-state index is 12.4. The Morgan fingerprint density at radius 2 is 2.05 bits per heavy atom. The highest BCUT2D eigenvalue weighted by atomic mass is 35.5. The maximum atomic E-state index is 12.4. The van der Waals surface area contributed by atoms with E-state index in [9.17, 15) is 4.79 Å². The second-order valence-corrected chi connectivity index (χ2v) is 6.68. The molecule has 3 nitrogen and oxygen atoms in total. The molecule has 1 aromatic carbocycles. The Morgan fingerprint density at radius 3 is 2.62 bits per heavy atom. The summed E-state index contributed by atoms with van der Waals surface area (Å²) in [6.45, 7) is 2.08. The number of hydrogen-bond donors (Lipinski definition) is 1. The molecule has 1 fully saturated rings. The van der Waals surface area contributed by atoms with Crippen molar-refractivity contribution in [2.45, 2.75) is 51.1 Å². The number of amides is 1. The molecule has 2 rings (SSSR count). The molecule has 4 heteroatoms. The topological polar surface area (TPSA) is 46.3 Å². The van der Waals surface area contributed by atoms with E-state index in [1.807, 2.05) is 36.2 Å². The van der Waals surface area contributed by atoms with Gasteiger partial charge in [-0.15, -0.1) is 0 Å². The van der Waals surface area contributed by atoms with Gasteiger partial charge in [-0.2, -0.15) is 0 Å². The van der Waals surface area contributed by atoms with Crippen molar-refractivity contribution in [3.05, 3.63) is 34.9 Å². The third-order valence-electron chi connectivity index (χ3n) is 4.65. The van der Waals surface area contributed by atoms with Gasteiger partial charge in [-0.25, -0.2) is 0 Å². The zero-order valence-corrected chi connectivity index (χ0v) is 13.6. The van der Waals surface area contributed by atoms with Crippen LogP contribution in [0, 0.1) is 5.92 Å². The van der Waals surface area contributed by atoms with Crippen LogP contribution in [0.2, 0.25) is 5.02 Å². The molecule has 1 unspecified atom stereocenters. The number of halogens is 1. The fraction of sp³-hybridized carbons (Fsp3) is 0.588. The van der Waals surface area contributed by atoms with Crippen LogP contribution >= 0.6 is 11.6 Å². The van der Waals surface area contributed by atoms with Crippen LogP contribution in [0.5, 0.6) is 0 Å². The van der Waals surface area contributed by atoms with E-state index in [0.29, 0.717) is 12.3 Å². The molecular formula is C17H25ClN2O. The molecule has 0 aromatic heterocycles. The van der Waals surface area contributed by atoms with E-state index in [1.165, 1.54) is 5.56 Å². The SMILES string of the molecule is CC(Cc1ccc(Cl)cc1)N(C)C(=O)C[C@@H]1CCC[C@H]1N. The normalized spacial score (nSPS) is 23.0. The van der Waals surface area contributed by atoms with Crippen LogP contribution in [0.15, 0.2) is 24.3 Å². The number of benzene rings is 1. The van der Waals surface area contributed by atoms with E-state index in [4.69, 9.17) is 17.3 Å².